The van der Waals surface area contributed by atoms with Crippen molar-refractivity contribution in [3.05, 3.63) is 46.2 Å². The summed E-state index contributed by atoms with van der Waals surface area (Å²) in [7, 11) is 0. The van der Waals surface area contributed by atoms with Crippen LogP contribution in [-0.4, -0.2) is 15.0 Å². The second-order valence-electron chi connectivity index (χ2n) is 4.74. The number of halogens is 1. The number of nitrogens with two attached hydrogens (primary N) is 1. The molecular formula is C13H17BrN4. The number of hydrogen-bond acceptors (Lipinski definition) is 3. The molecule has 0 amide bonds. The third-order valence-corrected chi connectivity index (χ3v) is 3.34. The lowest BCUT2D eigenvalue weighted by molar-refractivity contribution is 0.502. The average molecular weight is 309 g/mol. The van der Waals surface area contributed by atoms with E-state index in [1.807, 2.05) is 23.0 Å². The summed E-state index contributed by atoms with van der Waals surface area (Å²) in [6, 6.07) is 8.10. The topological polar surface area (TPSA) is 56.7 Å². The van der Waals surface area contributed by atoms with Crippen molar-refractivity contribution in [3.8, 4) is 0 Å². The Kier molecular flexibility index (Phi) is 4.14. The maximum Gasteiger partial charge on any atom is 0.0996 e. The van der Waals surface area contributed by atoms with Crippen LogP contribution in [0.2, 0.25) is 0 Å². The molecule has 4 nitrogen and oxygen atoms in total. The van der Waals surface area contributed by atoms with E-state index in [1.165, 1.54) is 5.56 Å². The van der Waals surface area contributed by atoms with E-state index < -0.39 is 0 Å². The average Bonchev–Trinajstić information content (AvgIpc) is 2.76. The van der Waals surface area contributed by atoms with Crippen LogP contribution in [0.25, 0.3) is 0 Å². The highest BCUT2D eigenvalue weighted by molar-refractivity contribution is 9.10. The van der Waals surface area contributed by atoms with E-state index in [1.54, 1.807) is 0 Å². The van der Waals surface area contributed by atoms with Crippen LogP contribution in [0.4, 0.5) is 0 Å². The molecule has 0 radical (unpaired) electrons. The maximum absolute atomic E-state index is 6.05. The highest BCUT2D eigenvalue weighted by Crippen LogP contribution is 2.17. The van der Waals surface area contributed by atoms with Gasteiger partial charge in [-0.25, -0.2) is 4.68 Å². The summed E-state index contributed by atoms with van der Waals surface area (Å²) >= 11 is 3.46. The van der Waals surface area contributed by atoms with E-state index in [0.717, 1.165) is 10.2 Å². The van der Waals surface area contributed by atoms with Gasteiger partial charge in [0, 0.05) is 4.47 Å². The fourth-order valence-electron chi connectivity index (χ4n) is 1.71. The zero-order valence-electron chi connectivity index (χ0n) is 10.5. The summed E-state index contributed by atoms with van der Waals surface area (Å²) in [6.07, 6.45) is 1.92. The van der Waals surface area contributed by atoms with Crippen LogP contribution in [0.15, 0.2) is 34.9 Å². The highest BCUT2D eigenvalue weighted by atomic mass is 79.9. The van der Waals surface area contributed by atoms with Crippen molar-refractivity contribution in [1.29, 1.82) is 0 Å². The molecule has 2 rings (SSSR count). The van der Waals surface area contributed by atoms with Gasteiger partial charge < -0.3 is 5.73 Å². The van der Waals surface area contributed by atoms with Gasteiger partial charge in [-0.15, -0.1) is 5.10 Å². The van der Waals surface area contributed by atoms with Gasteiger partial charge in [-0.3, -0.25) is 0 Å². The van der Waals surface area contributed by atoms with Crippen molar-refractivity contribution in [2.24, 2.45) is 11.7 Å². The molecule has 2 N–H and O–H groups in total. The number of rotatable bonds is 4. The lowest BCUT2D eigenvalue weighted by Crippen LogP contribution is -2.17. The van der Waals surface area contributed by atoms with E-state index in [4.69, 9.17) is 5.73 Å². The lowest BCUT2D eigenvalue weighted by atomic mass is 10.0. The Bertz CT molecular complexity index is 521. The Morgan fingerprint density at radius 2 is 2.17 bits per heavy atom. The molecule has 5 heteroatoms. The Morgan fingerprint density at radius 1 is 1.39 bits per heavy atom. The molecule has 0 aliphatic rings. The molecule has 1 unspecified atom stereocenters. The van der Waals surface area contributed by atoms with Crippen LogP contribution in [0.3, 0.4) is 0 Å². The summed E-state index contributed by atoms with van der Waals surface area (Å²) in [6.45, 7) is 4.87. The fraction of sp³-hybridized carbons (Fsp3) is 0.385. The van der Waals surface area contributed by atoms with Crippen LogP contribution >= 0.6 is 15.9 Å². The van der Waals surface area contributed by atoms with E-state index >= 15 is 0 Å². The van der Waals surface area contributed by atoms with Gasteiger partial charge in [-0.2, -0.15) is 0 Å². The molecule has 0 fully saturated rings. The van der Waals surface area contributed by atoms with Crippen LogP contribution in [-0.2, 0) is 6.54 Å². The lowest BCUT2D eigenvalue weighted by Gasteiger charge is -2.11. The molecule has 1 heterocycles. The predicted octanol–water partition coefficient (Wildman–Crippen LogP) is 2.74. The minimum Gasteiger partial charge on any atom is -0.322 e. The summed E-state index contributed by atoms with van der Waals surface area (Å²) in [5.41, 5.74) is 8.07. The zero-order valence-corrected chi connectivity index (χ0v) is 12.1. The van der Waals surface area contributed by atoms with Crippen molar-refractivity contribution in [2.75, 3.05) is 0 Å². The Labute approximate surface area is 115 Å². The third kappa shape index (κ3) is 3.17. The number of nitrogens with zero attached hydrogens (tertiary/aromatic N) is 3. The number of benzene rings is 1. The van der Waals surface area contributed by atoms with Gasteiger partial charge in [0.15, 0.2) is 0 Å². The first-order chi connectivity index (χ1) is 8.56. The minimum absolute atomic E-state index is 0.0544. The molecule has 1 aromatic heterocycles. The zero-order chi connectivity index (χ0) is 13.1. The second-order valence-corrected chi connectivity index (χ2v) is 5.66. The van der Waals surface area contributed by atoms with Crippen molar-refractivity contribution in [3.63, 3.8) is 0 Å². The summed E-state index contributed by atoms with van der Waals surface area (Å²) in [5, 5.41) is 8.25. The van der Waals surface area contributed by atoms with Crippen LogP contribution in [0.5, 0.6) is 0 Å². The molecule has 0 spiro atoms. The molecular weight excluding hydrogens is 292 g/mol. The Hall–Kier alpha value is -1.20. The number of hydrogen-bond donors (Lipinski definition) is 1. The first-order valence-electron chi connectivity index (χ1n) is 5.96. The molecule has 1 aromatic carbocycles. The second kappa shape index (κ2) is 5.63. The monoisotopic (exact) mass is 308 g/mol. The van der Waals surface area contributed by atoms with Gasteiger partial charge in [0.2, 0.25) is 0 Å². The Morgan fingerprint density at radius 3 is 2.83 bits per heavy atom. The van der Waals surface area contributed by atoms with Gasteiger partial charge in [0.05, 0.1) is 24.5 Å². The molecule has 0 bridgehead atoms. The maximum atomic E-state index is 6.05. The van der Waals surface area contributed by atoms with Gasteiger partial charge >= 0.3 is 0 Å². The highest BCUT2D eigenvalue weighted by Gasteiger charge is 2.14. The molecule has 18 heavy (non-hydrogen) atoms. The smallest absolute Gasteiger partial charge is 0.0996 e. The number of aromatic nitrogens is 3. The van der Waals surface area contributed by atoms with Crippen molar-refractivity contribution >= 4 is 15.9 Å². The first kappa shape index (κ1) is 13.2. The van der Waals surface area contributed by atoms with Crippen LogP contribution in [0, 0.1) is 5.92 Å². The molecule has 96 valence electrons. The van der Waals surface area contributed by atoms with Gasteiger partial charge in [-0.05, 0) is 23.6 Å². The van der Waals surface area contributed by atoms with Gasteiger partial charge in [-0.1, -0.05) is 47.1 Å². The van der Waals surface area contributed by atoms with Crippen LogP contribution < -0.4 is 5.73 Å². The quantitative estimate of drug-likeness (QED) is 0.945. The Balaban J connectivity index is 2.11. The SMILES string of the molecule is CC(C)C(N)c1cn(Cc2cccc(Br)c2)nn1. The normalized spacial score (nSPS) is 12.9. The third-order valence-electron chi connectivity index (χ3n) is 2.85. The predicted molar refractivity (Wildman–Crippen MR) is 75.0 cm³/mol. The van der Waals surface area contributed by atoms with Crippen molar-refractivity contribution in [1.82, 2.24) is 15.0 Å². The summed E-state index contributed by atoms with van der Waals surface area (Å²) < 4.78 is 2.89. The van der Waals surface area contributed by atoms with E-state index in [2.05, 4.69) is 52.2 Å². The van der Waals surface area contributed by atoms with Crippen molar-refractivity contribution < 1.29 is 0 Å². The first-order valence-corrected chi connectivity index (χ1v) is 6.75. The minimum atomic E-state index is -0.0544. The van der Waals surface area contributed by atoms with Gasteiger partial charge in [0.1, 0.15) is 0 Å². The molecule has 0 aliphatic carbocycles. The molecule has 2 aromatic rings. The largest absolute Gasteiger partial charge is 0.322 e. The summed E-state index contributed by atoms with van der Waals surface area (Å²) in [5.74, 6) is 0.362. The van der Waals surface area contributed by atoms with E-state index in [0.29, 0.717) is 12.5 Å². The fourth-order valence-corrected chi connectivity index (χ4v) is 2.15. The molecule has 0 saturated heterocycles. The standard InChI is InChI=1S/C13H17BrN4/c1-9(2)13(15)12-8-18(17-16-12)7-10-4-3-5-11(14)6-10/h3-6,8-9,13H,7,15H2,1-2H3. The summed E-state index contributed by atoms with van der Waals surface area (Å²) in [4.78, 5) is 0. The molecule has 1 atom stereocenters. The van der Waals surface area contributed by atoms with Crippen LogP contribution in [0.1, 0.15) is 31.1 Å². The van der Waals surface area contributed by atoms with E-state index in [9.17, 15) is 0 Å². The molecule has 0 saturated carbocycles. The van der Waals surface area contributed by atoms with Crippen molar-refractivity contribution in [2.45, 2.75) is 26.4 Å². The van der Waals surface area contributed by atoms with Gasteiger partial charge in [0.25, 0.3) is 0 Å². The van der Waals surface area contributed by atoms with E-state index in [-0.39, 0.29) is 6.04 Å². The molecule has 0 aliphatic heterocycles.